The minimum absolute atomic E-state index is 0.0603. The Balaban J connectivity index is 1.32. The lowest BCUT2D eigenvalue weighted by Gasteiger charge is -2.39. The number of carbonyl (C=O) groups excluding carboxylic acids is 7. The van der Waals surface area contributed by atoms with Gasteiger partial charge in [-0.05, 0) is 94.2 Å². The first kappa shape index (κ1) is 43.9. The highest BCUT2D eigenvalue weighted by molar-refractivity contribution is 5.98. The number of fused-ring (bicyclic) bond motifs is 3. The zero-order chi connectivity index (χ0) is 43.5. The van der Waals surface area contributed by atoms with Crippen LogP contribution in [0.4, 0.5) is 22.0 Å². The van der Waals surface area contributed by atoms with E-state index in [9.17, 15) is 55.5 Å². The lowest BCUT2D eigenvalue weighted by atomic mass is 9.99. The Morgan fingerprint density at radius 3 is 2.00 bits per heavy atom. The molecular weight excluding hydrogens is 799 g/mol. The van der Waals surface area contributed by atoms with Crippen LogP contribution in [0, 0.1) is 11.6 Å². The maximum absolute atomic E-state index is 14.6. The van der Waals surface area contributed by atoms with Crippen LogP contribution in [0.1, 0.15) is 75.5 Å². The number of hydrogen-bond donors (Lipinski definition) is 3. The van der Waals surface area contributed by atoms with Crippen molar-refractivity contribution in [1.29, 1.82) is 0 Å². The Morgan fingerprint density at radius 2 is 1.35 bits per heavy atom. The van der Waals surface area contributed by atoms with Gasteiger partial charge in [0.25, 0.3) is 0 Å². The predicted molar refractivity (Wildman–Crippen MR) is 201 cm³/mol. The Morgan fingerprint density at radius 1 is 0.767 bits per heavy atom. The van der Waals surface area contributed by atoms with Gasteiger partial charge >= 0.3 is 12.1 Å². The van der Waals surface area contributed by atoms with Gasteiger partial charge in [0.1, 0.15) is 54.0 Å². The highest BCUT2D eigenvalue weighted by Crippen LogP contribution is 2.30. The van der Waals surface area contributed by atoms with E-state index in [4.69, 9.17) is 4.74 Å². The number of nitrogens with zero attached hydrogens (tertiary/aromatic N) is 3. The number of hydrogen-bond acceptors (Lipinski definition) is 8. The van der Waals surface area contributed by atoms with Gasteiger partial charge in [0.15, 0.2) is 0 Å². The molecule has 4 saturated heterocycles. The third kappa shape index (κ3) is 10.0. The number of halogens is 5. The fourth-order valence-corrected chi connectivity index (χ4v) is 8.40. The molecule has 0 aliphatic carbocycles. The molecule has 4 aliphatic heterocycles. The van der Waals surface area contributed by atoms with Gasteiger partial charge in [-0.3, -0.25) is 28.8 Å². The van der Waals surface area contributed by atoms with Crippen molar-refractivity contribution in [2.75, 3.05) is 19.6 Å². The third-order valence-electron chi connectivity index (χ3n) is 11.4. The average molecular weight is 847 g/mol. The number of ether oxygens (including phenoxy) is 1. The van der Waals surface area contributed by atoms with E-state index in [2.05, 4.69) is 16.0 Å². The fraction of sp³-hybridized carbons (Fsp3) is 0.537. The molecule has 6 rings (SSSR count). The highest BCUT2D eigenvalue weighted by Gasteiger charge is 2.47. The molecule has 324 valence electrons. The molecule has 0 aromatic heterocycles. The summed E-state index contributed by atoms with van der Waals surface area (Å²) >= 11 is 0. The molecule has 0 bridgehead atoms. The quantitative estimate of drug-likeness (QED) is 0.282. The Hall–Kier alpha value is -5.62. The van der Waals surface area contributed by atoms with Crippen LogP contribution in [0.3, 0.4) is 0 Å². The largest absolute Gasteiger partial charge is 0.458 e. The number of amides is 6. The van der Waals surface area contributed by atoms with Crippen LogP contribution in [0.25, 0.3) is 0 Å². The second kappa shape index (κ2) is 18.3. The number of rotatable bonds is 7. The Labute approximate surface area is 342 Å². The lowest BCUT2D eigenvalue weighted by Crippen LogP contribution is -2.63. The summed E-state index contributed by atoms with van der Waals surface area (Å²) in [6.07, 6.45) is -4.33. The van der Waals surface area contributed by atoms with Crippen LogP contribution in [0.2, 0.25) is 0 Å². The summed E-state index contributed by atoms with van der Waals surface area (Å²) in [4.78, 5) is 101. The molecule has 4 aliphatic rings. The molecule has 3 N–H and O–H groups in total. The van der Waals surface area contributed by atoms with Gasteiger partial charge in [0.2, 0.25) is 35.4 Å². The molecule has 6 amide bonds. The molecule has 19 heteroatoms. The van der Waals surface area contributed by atoms with Crippen LogP contribution in [0.15, 0.2) is 42.5 Å². The number of carbonyl (C=O) groups is 7. The number of esters is 1. The van der Waals surface area contributed by atoms with Crippen molar-refractivity contribution >= 4 is 41.4 Å². The van der Waals surface area contributed by atoms with E-state index < -0.39 is 120 Å². The van der Waals surface area contributed by atoms with Crippen LogP contribution >= 0.6 is 0 Å². The topological polar surface area (TPSA) is 175 Å². The molecule has 0 radical (unpaired) electrons. The summed E-state index contributed by atoms with van der Waals surface area (Å²) in [5.74, 6) is -7.22. The molecule has 4 heterocycles. The molecule has 0 unspecified atom stereocenters. The van der Waals surface area contributed by atoms with Gasteiger partial charge in [0, 0.05) is 32.1 Å². The van der Waals surface area contributed by atoms with Crippen molar-refractivity contribution in [2.45, 2.75) is 120 Å². The Bertz CT molecular complexity index is 1980. The molecule has 2 aromatic rings. The summed E-state index contributed by atoms with van der Waals surface area (Å²) in [6, 6.07) is -1.30. The van der Waals surface area contributed by atoms with E-state index in [0.717, 1.165) is 36.4 Å². The van der Waals surface area contributed by atoms with Crippen molar-refractivity contribution in [2.24, 2.45) is 0 Å². The second-order valence-corrected chi connectivity index (χ2v) is 15.8. The molecular formula is C41H47F5N6O8. The van der Waals surface area contributed by atoms with E-state index in [-0.39, 0.29) is 43.6 Å². The smallest absolute Gasteiger partial charge is 0.416 e. The van der Waals surface area contributed by atoms with Gasteiger partial charge in [-0.2, -0.15) is 13.2 Å². The molecule has 0 saturated carbocycles. The normalized spacial score (nSPS) is 26.1. The van der Waals surface area contributed by atoms with Gasteiger partial charge in [0.05, 0.1) is 12.0 Å². The molecule has 4 fully saturated rings. The van der Waals surface area contributed by atoms with Crippen molar-refractivity contribution in [3.8, 4) is 0 Å². The first-order valence-electron chi connectivity index (χ1n) is 20.0. The Kier molecular flexibility index (Phi) is 13.4. The van der Waals surface area contributed by atoms with Crippen LogP contribution in [-0.2, 0) is 57.3 Å². The van der Waals surface area contributed by atoms with E-state index in [0.29, 0.717) is 38.2 Å². The van der Waals surface area contributed by atoms with E-state index >= 15 is 0 Å². The highest BCUT2D eigenvalue weighted by atomic mass is 19.4. The fourth-order valence-electron chi connectivity index (χ4n) is 8.40. The van der Waals surface area contributed by atoms with Crippen molar-refractivity contribution in [3.05, 3.63) is 70.8 Å². The molecule has 60 heavy (non-hydrogen) atoms. The summed E-state index contributed by atoms with van der Waals surface area (Å²) in [7, 11) is 0. The summed E-state index contributed by atoms with van der Waals surface area (Å²) in [5, 5.41) is 7.72. The van der Waals surface area contributed by atoms with Crippen LogP contribution < -0.4 is 16.0 Å². The maximum Gasteiger partial charge on any atom is 0.416 e. The van der Waals surface area contributed by atoms with Crippen molar-refractivity contribution in [3.63, 3.8) is 0 Å². The van der Waals surface area contributed by atoms with E-state index in [1.54, 1.807) is 0 Å². The second-order valence-electron chi connectivity index (χ2n) is 15.8. The number of piperidine rings is 1. The number of alkyl halides is 3. The molecule has 2 aromatic carbocycles. The van der Waals surface area contributed by atoms with Crippen molar-refractivity contribution in [1.82, 2.24) is 30.7 Å². The van der Waals surface area contributed by atoms with Crippen LogP contribution in [0.5, 0.6) is 0 Å². The zero-order valence-electron chi connectivity index (χ0n) is 33.1. The standard InChI is InChI=1S/C41H47F5N6O8/c1-22-37(56)52-16-6-9-32(52)40(59)60-23(2)34(39(58)51-15-5-8-31(51)38(57)50-14-4-3-7-30(50)36(55)47-22)49-35(54)29(19-25-17-27(42)21-28(43)18-25)48-33(53)20-24-10-12-26(13-11-24)41(44,45)46/h10-13,17-18,21-23,29-32,34H,3-9,14-16,19-20H2,1-2H3,(H,47,55)(H,48,53)(H,49,54)/t22-,23-,29-,30-,31-,32-,34-/m0/s1. The average Bonchev–Trinajstić information content (AvgIpc) is 3.89. The molecule has 0 spiro atoms. The molecule has 7 atom stereocenters. The molecule has 14 nitrogen and oxygen atoms in total. The van der Waals surface area contributed by atoms with Gasteiger partial charge < -0.3 is 35.4 Å². The van der Waals surface area contributed by atoms with E-state index in [1.165, 1.54) is 28.5 Å². The van der Waals surface area contributed by atoms with Crippen LogP contribution in [-0.4, -0.2) is 118 Å². The summed E-state index contributed by atoms with van der Waals surface area (Å²) < 4.78 is 73.9. The van der Waals surface area contributed by atoms with Gasteiger partial charge in [-0.1, -0.05) is 12.1 Å². The number of cyclic esters (lactones) is 1. The lowest BCUT2D eigenvalue weighted by molar-refractivity contribution is -0.163. The minimum atomic E-state index is -4.63. The summed E-state index contributed by atoms with van der Waals surface area (Å²) in [5.41, 5.74) is -0.871. The summed E-state index contributed by atoms with van der Waals surface area (Å²) in [6.45, 7) is 3.27. The van der Waals surface area contributed by atoms with Gasteiger partial charge in [-0.25, -0.2) is 13.6 Å². The van der Waals surface area contributed by atoms with Gasteiger partial charge in [-0.15, -0.1) is 0 Å². The SMILES string of the molecule is C[C@@H]1NC(=O)[C@@H]2CCCCN2C(=O)[C@@H]2CCCN2C(=O)[C@@H](NC(=O)[C@H](Cc2cc(F)cc(F)c2)NC(=O)Cc2ccc(C(F)(F)F)cc2)[C@H](C)OC(=O)[C@@H]2CCCN2C1=O. The number of benzene rings is 2. The third-order valence-corrected chi connectivity index (χ3v) is 11.4. The first-order chi connectivity index (χ1) is 28.4. The first-order valence-corrected chi connectivity index (χ1v) is 20.0. The monoisotopic (exact) mass is 846 g/mol. The minimum Gasteiger partial charge on any atom is -0.458 e. The number of nitrogens with one attached hydrogen (secondary N) is 3. The van der Waals surface area contributed by atoms with Crippen molar-refractivity contribution < 1.29 is 60.3 Å². The predicted octanol–water partition coefficient (Wildman–Crippen LogP) is 2.55. The van der Waals surface area contributed by atoms with E-state index in [1.807, 2.05) is 0 Å². The zero-order valence-corrected chi connectivity index (χ0v) is 33.1. The maximum atomic E-state index is 14.6.